The molecule has 1 heterocycles. The van der Waals surface area contributed by atoms with Gasteiger partial charge in [0.05, 0.1) is 17.7 Å². The van der Waals surface area contributed by atoms with Gasteiger partial charge in [-0.15, -0.1) is 11.3 Å². The van der Waals surface area contributed by atoms with Crippen LogP contribution in [0.4, 0.5) is 10.7 Å². The molecule has 0 fully saturated rings. The molecule has 2 N–H and O–H groups in total. The molecule has 1 rings (SSSR count). The first-order valence-electron chi connectivity index (χ1n) is 5.72. The molecule has 1 aromatic rings. The highest BCUT2D eigenvalue weighted by Gasteiger charge is 2.26. The largest absolute Gasteiger partial charge is 0.465 e. The van der Waals surface area contributed by atoms with Crippen LogP contribution in [0, 0.1) is 0 Å². The summed E-state index contributed by atoms with van der Waals surface area (Å²) in [5, 5.41) is 0.679. The minimum atomic E-state index is -0.505. The predicted octanol–water partition coefficient (Wildman–Crippen LogP) is 2.17. The van der Waals surface area contributed by atoms with E-state index < -0.39 is 5.97 Å². The van der Waals surface area contributed by atoms with Crippen LogP contribution in [0.25, 0.3) is 0 Å². The van der Waals surface area contributed by atoms with Gasteiger partial charge in [0.1, 0.15) is 10.6 Å². The highest BCUT2D eigenvalue weighted by molar-refractivity contribution is 7.19. The van der Waals surface area contributed by atoms with Crippen LogP contribution in [-0.4, -0.2) is 32.5 Å². The van der Waals surface area contributed by atoms with Gasteiger partial charge in [-0.25, -0.2) is 4.79 Å². The maximum Gasteiger partial charge on any atom is 0.343 e. The van der Waals surface area contributed by atoms with E-state index in [-0.39, 0.29) is 11.5 Å². The van der Waals surface area contributed by atoms with Crippen molar-refractivity contribution in [3.05, 3.63) is 10.4 Å². The molecule has 0 saturated carbocycles. The van der Waals surface area contributed by atoms with Crippen molar-refractivity contribution in [1.82, 2.24) is 0 Å². The van der Waals surface area contributed by atoms with Gasteiger partial charge in [-0.1, -0.05) is 6.92 Å². The lowest BCUT2D eigenvalue weighted by molar-refractivity contribution is 0.0603. The maximum atomic E-state index is 11.8. The van der Waals surface area contributed by atoms with Gasteiger partial charge in [-0.2, -0.15) is 0 Å². The maximum absolute atomic E-state index is 11.8. The average Bonchev–Trinajstić information content (AvgIpc) is 2.73. The summed E-state index contributed by atoms with van der Waals surface area (Å²) in [6.07, 6.45) is 0.362. The Balaban J connectivity index is 3.40. The Morgan fingerprint density at radius 2 is 2.00 bits per heavy atom. The lowest BCUT2D eigenvalue weighted by Gasteiger charge is -2.15. The van der Waals surface area contributed by atoms with E-state index in [9.17, 15) is 9.59 Å². The zero-order chi connectivity index (χ0) is 13.9. The highest BCUT2D eigenvalue weighted by Crippen LogP contribution is 2.38. The van der Waals surface area contributed by atoms with Crippen molar-refractivity contribution in [2.45, 2.75) is 20.3 Å². The van der Waals surface area contributed by atoms with E-state index in [0.717, 1.165) is 0 Å². The number of ketones is 1. The fourth-order valence-electron chi connectivity index (χ4n) is 1.51. The second-order valence-electron chi connectivity index (χ2n) is 3.81. The van der Waals surface area contributed by atoms with E-state index in [1.165, 1.54) is 18.4 Å². The molecule has 0 radical (unpaired) electrons. The number of Topliss-reactive ketones (excluding diaryl/α,β-unsaturated/α-hetero) is 1. The first-order valence-corrected chi connectivity index (χ1v) is 6.54. The van der Waals surface area contributed by atoms with E-state index in [1.807, 2.05) is 18.9 Å². The predicted molar refractivity (Wildman–Crippen MR) is 73.6 cm³/mol. The number of methoxy groups -OCH3 is 1. The molecule has 0 unspecified atom stereocenters. The normalized spacial score (nSPS) is 10.2. The second kappa shape index (κ2) is 5.86. The standard InChI is InChI=1S/C12H18N2O3S/c1-5-7(15)10-9(13)8(12(16)17-4)11(18-10)14(3)6-2/h5-6,13H2,1-4H3. The third-order valence-electron chi connectivity index (χ3n) is 2.71. The van der Waals surface area contributed by atoms with Crippen molar-refractivity contribution in [3.63, 3.8) is 0 Å². The summed E-state index contributed by atoms with van der Waals surface area (Å²) >= 11 is 1.25. The number of hydrogen-bond donors (Lipinski definition) is 1. The number of thiophene rings is 1. The van der Waals surface area contributed by atoms with Crippen molar-refractivity contribution < 1.29 is 14.3 Å². The molecule has 0 bridgehead atoms. The van der Waals surface area contributed by atoms with Gasteiger partial charge in [0, 0.05) is 20.0 Å². The molecule has 0 aliphatic carbocycles. The Kier molecular flexibility index (Phi) is 4.72. The summed E-state index contributed by atoms with van der Waals surface area (Å²) in [5.74, 6) is -0.562. The molecule has 0 aliphatic rings. The van der Waals surface area contributed by atoms with E-state index in [1.54, 1.807) is 6.92 Å². The molecule has 1 aromatic heterocycles. The Hall–Kier alpha value is -1.56. The number of nitrogens with two attached hydrogens (primary N) is 1. The van der Waals surface area contributed by atoms with Crippen molar-refractivity contribution in [1.29, 1.82) is 0 Å². The second-order valence-corrected chi connectivity index (χ2v) is 4.81. The molecule has 100 valence electrons. The van der Waals surface area contributed by atoms with Crippen LogP contribution in [0.2, 0.25) is 0 Å². The van der Waals surface area contributed by atoms with Gasteiger partial charge in [-0.3, -0.25) is 4.79 Å². The zero-order valence-corrected chi connectivity index (χ0v) is 11.9. The highest BCUT2D eigenvalue weighted by atomic mass is 32.1. The average molecular weight is 270 g/mol. The van der Waals surface area contributed by atoms with E-state index >= 15 is 0 Å². The summed E-state index contributed by atoms with van der Waals surface area (Å²) in [6, 6.07) is 0. The van der Waals surface area contributed by atoms with Crippen LogP contribution < -0.4 is 10.6 Å². The van der Waals surface area contributed by atoms with Gasteiger partial charge >= 0.3 is 5.97 Å². The monoisotopic (exact) mass is 270 g/mol. The minimum absolute atomic E-state index is 0.0570. The molecule has 18 heavy (non-hydrogen) atoms. The smallest absolute Gasteiger partial charge is 0.343 e. The SMILES string of the molecule is CCC(=O)c1sc(N(C)CC)c(C(=O)OC)c1N. The molecule has 5 nitrogen and oxygen atoms in total. The molecular formula is C12H18N2O3S. The molecule has 0 aromatic carbocycles. The lowest BCUT2D eigenvalue weighted by atomic mass is 10.1. The summed E-state index contributed by atoms with van der Waals surface area (Å²) in [4.78, 5) is 25.9. The lowest BCUT2D eigenvalue weighted by Crippen LogP contribution is -2.18. The molecule has 0 saturated heterocycles. The minimum Gasteiger partial charge on any atom is -0.465 e. The quantitative estimate of drug-likeness (QED) is 0.655. The first-order chi connectivity index (χ1) is 8.47. The number of nitrogen functional groups attached to an aromatic ring is 1. The number of ether oxygens (including phenoxy) is 1. The Labute approximate surface area is 111 Å². The molecule has 0 atom stereocenters. The summed E-state index contributed by atoms with van der Waals surface area (Å²) < 4.78 is 4.73. The van der Waals surface area contributed by atoms with Crippen molar-refractivity contribution in [3.8, 4) is 0 Å². The molecule has 0 amide bonds. The van der Waals surface area contributed by atoms with Crippen LogP contribution in [0.5, 0.6) is 0 Å². The number of hydrogen-bond acceptors (Lipinski definition) is 6. The molecular weight excluding hydrogens is 252 g/mol. The summed E-state index contributed by atoms with van der Waals surface area (Å²) in [5.41, 5.74) is 6.44. The first kappa shape index (κ1) is 14.5. The van der Waals surface area contributed by atoms with Crippen LogP contribution >= 0.6 is 11.3 Å². The number of nitrogens with zero attached hydrogens (tertiary/aromatic N) is 1. The van der Waals surface area contributed by atoms with Crippen LogP contribution in [-0.2, 0) is 4.74 Å². The third-order valence-corrected chi connectivity index (χ3v) is 4.07. The van der Waals surface area contributed by atoms with E-state index in [4.69, 9.17) is 10.5 Å². The zero-order valence-electron chi connectivity index (χ0n) is 11.1. The van der Waals surface area contributed by atoms with Crippen molar-refractivity contribution in [2.24, 2.45) is 0 Å². The van der Waals surface area contributed by atoms with Crippen molar-refractivity contribution >= 4 is 33.8 Å². The summed E-state index contributed by atoms with van der Waals surface area (Å²) in [7, 11) is 3.15. The summed E-state index contributed by atoms with van der Waals surface area (Å²) in [6.45, 7) is 4.44. The fraction of sp³-hybridized carbons (Fsp3) is 0.500. The Bertz CT molecular complexity index is 468. The number of carbonyl (C=O) groups is 2. The van der Waals surface area contributed by atoms with Crippen LogP contribution in [0.1, 0.15) is 40.3 Å². The Morgan fingerprint density at radius 1 is 1.39 bits per heavy atom. The van der Waals surface area contributed by atoms with Gasteiger partial charge in [0.25, 0.3) is 0 Å². The number of carbonyl (C=O) groups excluding carboxylic acids is 2. The van der Waals surface area contributed by atoms with E-state index in [0.29, 0.717) is 28.4 Å². The molecule has 0 spiro atoms. The van der Waals surface area contributed by atoms with Gasteiger partial charge in [0.15, 0.2) is 5.78 Å². The molecule has 0 aliphatic heterocycles. The number of anilines is 2. The van der Waals surface area contributed by atoms with Crippen LogP contribution in [0.3, 0.4) is 0 Å². The fourth-order valence-corrected chi connectivity index (χ4v) is 2.75. The van der Waals surface area contributed by atoms with Gasteiger partial charge in [0.2, 0.25) is 0 Å². The molecule has 6 heteroatoms. The number of esters is 1. The van der Waals surface area contributed by atoms with Gasteiger partial charge in [-0.05, 0) is 6.92 Å². The number of rotatable bonds is 5. The van der Waals surface area contributed by atoms with Gasteiger partial charge < -0.3 is 15.4 Å². The van der Waals surface area contributed by atoms with Crippen molar-refractivity contribution in [2.75, 3.05) is 31.3 Å². The van der Waals surface area contributed by atoms with Crippen LogP contribution in [0.15, 0.2) is 0 Å². The van der Waals surface area contributed by atoms with E-state index in [2.05, 4.69) is 0 Å². The Morgan fingerprint density at radius 3 is 2.44 bits per heavy atom. The third kappa shape index (κ3) is 2.48. The topological polar surface area (TPSA) is 72.6 Å².